The normalized spacial score (nSPS) is 14.9. The first-order valence-corrected chi connectivity index (χ1v) is 7.41. The maximum absolute atomic E-state index is 5.59. The number of hydrogen-bond acceptors (Lipinski definition) is 3. The van der Waals surface area contributed by atoms with Crippen LogP contribution in [0.5, 0.6) is 11.5 Å². The summed E-state index contributed by atoms with van der Waals surface area (Å²) in [4.78, 5) is 0. The monoisotopic (exact) mass is 325 g/mol. The number of benzene rings is 1. The molecule has 1 aliphatic carbocycles. The van der Waals surface area contributed by atoms with Crippen molar-refractivity contribution < 1.29 is 9.47 Å². The number of nitrogens with one attached hydrogen (secondary N) is 1. The Balaban J connectivity index is 2.06. The second-order valence-electron chi connectivity index (χ2n) is 4.56. The van der Waals surface area contributed by atoms with Crippen LogP contribution >= 0.6 is 15.9 Å². The van der Waals surface area contributed by atoms with Crippen LogP contribution in [0.3, 0.4) is 0 Å². The van der Waals surface area contributed by atoms with Crippen LogP contribution in [0.2, 0.25) is 0 Å². The quantitative estimate of drug-likeness (QED) is 0.809. The van der Waals surface area contributed by atoms with E-state index in [9.17, 15) is 0 Å². The standard InChI is InChI=1S/C15H20BrNO2/c1-3-19-15-13(16)8-11(9-14(15)18-2)10-17-12-6-4-5-7-12/h4-5,8-9,12,17H,3,6-7,10H2,1-2H3. The third-order valence-electron chi connectivity index (χ3n) is 3.18. The summed E-state index contributed by atoms with van der Waals surface area (Å²) in [5.74, 6) is 1.55. The van der Waals surface area contributed by atoms with Gasteiger partial charge in [0, 0.05) is 12.6 Å². The molecular weight excluding hydrogens is 306 g/mol. The van der Waals surface area contributed by atoms with E-state index in [1.807, 2.05) is 13.0 Å². The number of methoxy groups -OCH3 is 1. The van der Waals surface area contributed by atoms with Crippen molar-refractivity contribution in [1.29, 1.82) is 0 Å². The molecule has 0 aliphatic heterocycles. The first-order chi connectivity index (χ1) is 9.24. The van der Waals surface area contributed by atoms with Gasteiger partial charge in [0.15, 0.2) is 11.5 Å². The smallest absolute Gasteiger partial charge is 0.175 e. The van der Waals surface area contributed by atoms with E-state index < -0.39 is 0 Å². The van der Waals surface area contributed by atoms with E-state index in [0.29, 0.717) is 12.6 Å². The molecule has 0 saturated heterocycles. The molecule has 1 aliphatic rings. The Labute approximate surface area is 123 Å². The van der Waals surface area contributed by atoms with Crippen LogP contribution in [0.15, 0.2) is 28.8 Å². The number of rotatable bonds is 6. The lowest BCUT2D eigenvalue weighted by atomic mass is 10.1. The summed E-state index contributed by atoms with van der Waals surface area (Å²) in [6, 6.07) is 4.69. The van der Waals surface area contributed by atoms with Crippen LogP contribution in [0.1, 0.15) is 25.3 Å². The fourth-order valence-corrected chi connectivity index (χ4v) is 2.81. The molecule has 4 heteroatoms. The van der Waals surface area contributed by atoms with E-state index in [1.54, 1.807) is 7.11 Å². The minimum Gasteiger partial charge on any atom is -0.493 e. The number of halogens is 1. The van der Waals surface area contributed by atoms with Gasteiger partial charge >= 0.3 is 0 Å². The lowest BCUT2D eigenvalue weighted by Crippen LogP contribution is -2.25. The highest BCUT2D eigenvalue weighted by Crippen LogP contribution is 2.36. The molecule has 0 amide bonds. The minimum atomic E-state index is 0.566. The first-order valence-electron chi connectivity index (χ1n) is 6.62. The Hall–Kier alpha value is -1.00. The van der Waals surface area contributed by atoms with Crippen molar-refractivity contribution in [1.82, 2.24) is 5.32 Å². The highest BCUT2D eigenvalue weighted by molar-refractivity contribution is 9.10. The zero-order valence-corrected chi connectivity index (χ0v) is 13.0. The molecule has 0 saturated carbocycles. The lowest BCUT2D eigenvalue weighted by molar-refractivity contribution is 0.308. The van der Waals surface area contributed by atoms with E-state index in [-0.39, 0.29) is 0 Å². The molecule has 1 N–H and O–H groups in total. The molecular formula is C15H20BrNO2. The van der Waals surface area contributed by atoms with Crippen LogP contribution < -0.4 is 14.8 Å². The fourth-order valence-electron chi connectivity index (χ4n) is 2.21. The molecule has 3 nitrogen and oxygen atoms in total. The molecule has 0 bridgehead atoms. The lowest BCUT2D eigenvalue weighted by Gasteiger charge is -2.15. The molecule has 0 aromatic heterocycles. The summed E-state index contributed by atoms with van der Waals surface area (Å²) in [5, 5.41) is 3.55. The number of hydrogen-bond donors (Lipinski definition) is 1. The van der Waals surface area contributed by atoms with Gasteiger partial charge in [0.25, 0.3) is 0 Å². The van der Waals surface area contributed by atoms with Gasteiger partial charge < -0.3 is 14.8 Å². The van der Waals surface area contributed by atoms with Crippen molar-refractivity contribution in [2.75, 3.05) is 13.7 Å². The van der Waals surface area contributed by atoms with Gasteiger partial charge in [0.1, 0.15) is 0 Å². The average molecular weight is 326 g/mol. The predicted octanol–water partition coefficient (Wildman–Crippen LogP) is 3.66. The summed E-state index contributed by atoms with van der Waals surface area (Å²) >= 11 is 3.55. The van der Waals surface area contributed by atoms with Crippen molar-refractivity contribution in [3.63, 3.8) is 0 Å². The van der Waals surface area contributed by atoms with Crippen LogP contribution in [0.4, 0.5) is 0 Å². The SMILES string of the molecule is CCOc1c(Br)cc(CNC2CC=CC2)cc1OC. The van der Waals surface area contributed by atoms with Gasteiger partial charge in [-0.15, -0.1) is 0 Å². The predicted molar refractivity (Wildman–Crippen MR) is 80.9 cm³/mol. The molecule has 1 aromatic rings. The highest BCUT2D eigenvalue weighted by Gasteiger charge is 2.13. The molecule has 0 fully saturated rings. The average Bonchev–Trinajstić information content (AvgIpc) is 2.92. The fraction of sp³-hybridized carbons (Fsp3) is 0.467. The van der Waals surface area contributed by atoms with Crippen LogP contribution in [-0.2, 0) is 6.54 Å². The van der Waals surface area contributed by atoms with Crippen molar-refractivity contribution in [2.45, 2.75) is 32.4 Å². The van der Waals surface area contributed by atoms with Crippen LogP contribution in [-0.4, -0.2) is 19.8 Å². The van der Waals surface area contributed by atoms with Crippen LogP contribution in [0.25, 0.3) is 0 Å². The topological polar surface area (TPSA) is 30.5 Å². The zero-order valence-electron chi connectivity index (χ0n) is 11.4. The second-order valence-corrected chi connectivity index (χ2v) is 5.42. The van der Waals surface area contributed by atoms with Crippen molar-refractivity contribution in [2.24, 2.45) is 0 Å². The summed E-state index contributed by atoms with van der Waals surface area (Å²) in [7, 11) is 1.67. The maximum Gasteiger partial charge on any atom is 0.175 e. The Morgan fingerprint density at radius 2 is 2.05 bits per heavy atom. The van der Waals surface area contributed by atoms with E-state index >= 15 is 0 Å². The number of ether oxygens (including phenoxy) is 2. The molecule has 19 heavy (non-hydrogen) atoms. The van der Waals surface area contributed by atoms with Crippen molar-refractivity contribution >= 4 is 15.9 Å². The van der Waals surface area contributed by atoms with Gasteiger partial charge in [-0.25, -0.2) is 0 Å². The van der Waals surface area contributed by atoms with Gasteiger partial charge in [-0.05, 0) is 53.4 Å². The highest BCUT2D eigenvalue weighted by atomic mass is 79.9. The summed E-state index contributed by atoms with van der Waals surface area (Å²) in [6.07, 6.45) is 6.70. The third kappa shape index (κ3) is 3.74. The van der Waals surface area contributed by atoms with E-state index in [1.165, 1.54) is 5.56 Å². The summed E-state index contributed by atoms with van der Waals surface area (Å²) < 4.78 is 11.9. The van der Waals surface area contributed by atoms with Crippen LogP contribution in [0, 0.1) is 0 Å². The summed E-state index contributed by atoms with van der Waals surface area (Å²) in [6.45, 7) is 3.43. The first kappa shape index (κ1) is 14.4. The van der Waals surface area contributed by atoms with Gasteiger partial charge in [0.2, 0.25) is 0 Å². The van der Waals surface area contributed by atoms with E-state index in [2.05, 4.69) is 39.5 Å². The Morgan fingerprint density at radius 3 is 2.68 bits per heavy atom. The molecule has 0 heterocycles. The van der Waals surface area contributed by atoms with Gasteiger partial charge in [-0.1, -0.05) is 12.2 Å². The molecule has 104 valence electrons. The Bertz CT molecular complexity index is 452. The molecule has 0 spiro atoms. The summed E-state index contributed by atoms with van der Waals surface area (Å²) in [5.41, 5.74) is 1.19. The zero-order chi connectivity index (χ0) is 13.7. The van der Waals surface area contributed by atoms with E-state index in [0.717, 1.165) is 35.4 Å². The van der Waals surface area contributed by atoms with Gasteiger partial charge in [-0.2, -0.15) is 0 Å². The third-order valence-corrected chi connectivity index (χ3v) is 3.77. The van der Waals surface area contributed by atoms with Gasteiger partial charge in [0.05, 0.1) is 18.2 Å². The van der Waals surface area contributed by atoms with Crippen molar-refractivity contribution in [3.05, 3.63) is 34.3 Å². The second kappa shape index (κ2) is 6.96. The minimum absolute atomic E-state index is 0.566. The molecule has 2 rings (SSSR count). The maximum atomic E-state index is 5.59. The van der Waals surface area contributed by atoms with Crippen molar-refractivity contribution in [3.8, 4) is 11.5 Å². The molecule has 0 unspecified atom stereocenters. The Morgan fingerprint density at radius 1 is 1.32 bits per heavy atom. The Kier molecular flexibility index (Phi) is 5.28. The van der Waals surface area contributed by atoms with E-state index in [4.69, 9.17) is 9.47 Å². The molecule has 0 radical (unpaired) electrons. The molecule has 0 atom stereocenters. The van der Waals surface area contributed by atoms with Gasteiger partial charge in [-0.3, -0.25) is 0 Å². The molecule has 1 aromatic carbocycles. The largest absolute Gasteiger partial charge is 0.493 e.